The molecule has 0 amide bonds. The molecule has 16 heavy (non-hydrogen) atoms. The van der Waals surface area contributed by atoms with Crippen LogP contribution >= 0.6 is 11.3 Å². The first-order valence-corrected chi connectivity index (χ1v) is 6.32. The second-order valence-corrected chi connectivity index (χ2v) is 4.81. The molecule has 0 unspecified atom stereocenters. The average molecular weight is 232 g/mol. The monoisotopic (exact) mass is 232 g/mol. The lowest BCUT2D eigenvalue weighted by molar-refractivity contribution is 0.577. The fraction of sp³-hybridized carbons (Fsp3) is 0.308. The number of nitrogens with zero attached hydrogens (tertiary/aromatic N) is 1. The first-order chi connectivity index (χ1) is 7.77. The first-order valence-electron chi connectivity index (χ1n) is 5.44. The molecule has 0 radical (unpaired) electrons. The summed E-state index contributed by atoms with van der Waals surface area (Å²) in [6, 6.07) is 10.9. The van der Waals surface area contributed by atoms with E-state index in [2.05, 4.69) is 48.4 Å². The maximum Gasteiger partial charge on any atom is 0.0798 e. The highest BCUT2D eigenvalue weighted by Crippen LogP contribution is 2.15. The van der Waals surface area contributed by atoms with E-state index >= 15 is 0 Å². The van der Waals surface area contributed by atoms with E-state index in [9.17, 15) is 0 Å². The lowest BCUT2D eigenvalue weighted by atomic mass is 10.1. The second kappa shape index (κ2) is 5.23. The molecule has 0 saturated heterocycles. The van der Waals surface area contributed by atoms with Crippen molar-refractivity contribution in [2.75, 3.05) is 0 Å². The Morgan fingerprint density at radius 2 is 2.06 bits per heavy atom. The third-order valence-corrected chi connectivity index (χ3v) is 3.65. The minimum atomic E-state index is 0.378. The van der Waals surface area contributed by atoms with Gasteiger partial charge in [-0.3, -0.25) is 0 Å². The second-order valence-electron chi connectivity index (χ2n) is 3.87. The third kappa shape index (κ3) is 2.68. The summed E-state index contributed by atoms with van der Waals surface area (Å²) in [5.41, 5.74) is 4.36. The first kappa shape index (κ1) is 11.3. The van der Waals surface area contributed by atoms with Crippen molar-refractivity contribution < 1.29 is 0 Å². The topological polar surface area (TPSA) is 24.9 Å². The van der Waals surface area contributed by atoms with Crippen molar-refractivity contribution in [1.82, 2.24) is 10.3 Å². The zero-order valence-electron chi connectivity index (χ0n) is 9.60. The minimum Gasteiger partial charge on any atom is -0.305 e. The predicted octanol–water partition coefficient (Wildman–Crippen LogP) is 3.30. The number of rotatable bonds is 4. The van der Waals surface area contributed by atoms with Crippen molar-refractivity contribution in [3.8, 4) is 0 Å². The van der Waals surface area contributed by atoms with E-state index in [0.29, 0.717) is 6.04 Å². The summed E-state index contributed by atoms with van der Waals surface area (Å²) in [6.45, 7) is 5.14. The van der Waals surface area contributed by atoms with E-state index in [1.807, 2.05) is 11.6 Å². The molecule has 1 aromatic carbocycles. The number of benzene rings is 1. The number of hydrogen-bond acceptors (Lipinski definition) is 3. The van der Waals surface area contributed by atoms with Crippen LogP contribution in [0.2, 0.25) is 0 Å². The van der Waals surface area contributed by atoms with Crippen molar-refractivity contribution in [1.29, 1.82) is 0 Å². The van der Waals surface area contributed by atoms with Crippen molar-refractivity contribution in [3.05, 3.63) is 52.0 Å². The summed E-state index contributed by atoms with van der Waals surface area (Å²) < 4.78 is 0. The van der Waals surface area contributed by atoms with Crippen LogP contribution in [0.4, 0.5) is 0 Å². The highest BCUT2D eigenvalue weighted by molar-refractivity contribution is 7.09. The maximum absolute atomic E-state index is 4.25. The van der Waals surface area contributed by atoms with Gasteiger partial charge >= 0.3 is 0 Å². The molecule has 0 aliphatic heterocycles. The summed E-state index contributed by atoms with van der Waals surface area (Å²) in [4.78, 5) is 5.57. The minimum absolute atomic E-state index is 0.378. The Balaban J connectivity index is 1.94. The summed E-state index contributed by atoms with van der Waals surface area (Å²) in [5.74, 6) is 0. The molecular weight excluding hydrogens is 216 g/mol. The van der Waals surface area contributed by atoms with E-state index in [4.69, 9.17) is 0 Å². The summed E-state index contributed by atoms with van der Waals surface area (Å²) in [7, 11) is 0. The third-order valence-electron chi connectivity index (χ3n) is 2.71. The average Bonchev–Trinajstić information content (AvgIpc) is 2.73. The molecular formula is C13H16N2S. The molecule has 0 aliphatic carbocycles. The molecule has 0 bridgehead atoms. The van der Waals surface area contributed by atoms with Crippen molar-refractivity contribution in [3.63, 3.8) is 0 Å². The Morgan fingerprint density at radius 3 is 2.69 bits per heavy atom. The van der Waals surface area contributed by atoms with Gasteiger partial charge in [0.1, 0.15) is 0 Å². The van der Waals surface area contributed by atoms with E-state index in [0.717, 1.165) is 12.2 Å². The zero-order valence-corrected chi connectivity index (χ0v) is 10.4. The van der Waals surface area contributed by atoms with Crippen LogP contribution in [0.5, 0.6) is 0 Å². The molecule has 1 N–H and O–H groups in total. The number of nitrogens with one attached hydrogen (secondary N) is 1. The van der Waals surface area contributed by atoms with Gasteiger partial charge in [0.2, 0.25) is 0 Å². The van der Waals surface area contributed by atoms with E-state index < -0.39 is 0 Å². The molecule has 1 heterocycles. The number of thiazole rings is 1. The smallest absolute Gasteiger partial charge is 0.0798 e. The number of hydrogen-bond donors (Lipinski definition) is 1. The number of aromatic nitrogens is 1. The molecule has 0 spiro atoms. The van der Waals surface area contributed by atoms with Gasteiger partial charge in [-0.05, 0) is 19.4 Å². The molecule has 84 valence electrons. The van der Waals surface area contributed by atoms with Gasteiger partial charge in [0.15, 0.2) is 0 Å². The van der Waals surface area contributed by atoms with Crippen LogP contribution in [-0.4, -0.2) is 4.98 Å². The van der Waals surface area contributed by atoms with Gasteiger partial charge in [-0.1, -0.05) is 30.3 Å². The zero-order chi connectivity index (χ0) is 11.4. The van der Waals surface area contributed by atoms with Crippen LogP contribution in [0.25, 0.3) is 0 Å². The molecule has 1 aromatic heterocycles. The lowest BCUT2D eigenvalue weighted by Gasteiger charge is -2.13. The molecule has 3 heteroatoms. The Morgan fingerprint density at radius 1 is 1.31 bits per heavy atom. The summed E-state index contributed by atoms with van der Waals surface area (Å²) in [5, 5.41) is 3.51. The van der Waals surface area contributed by atoms with E-state index in [1.54, 1.807) is 11.3 Å². The Kier molecular flexibility index (Phi) is 3.70. The van der Waals surface area contributed by atoms with Crippen molar-refractivity contribution in [2.24, 2.45) is 0 Å². The lowest BCUT2D eigenvalue weighted by Crippen LogP contribution is -2.17. The van der Waals surface area contributed by atoms with Crippen molar-refractivity contribution >= 4 is 11.3 Å². The van der Waals surface area contributed by atoms with Crippen molar-refractivity contribution in [2.45, 2.75) is 26.4 Å². The Labute approximate surface area is 100 Å². The molecule has 1 atom stereocenters. The normalized spacial score (nSPS) is 12.6. The van der Waals surface area contributed by atoms with Crippen LogP contribution in [0.3, 0.4) is 0 Å². The van der Waals surface area contributed by atoms with Crippen LogP contribution in [0.1, 0.15) is 29.1 Å². The largest absolute Gasteiger partial charge is 0.305 e. The fourth-order valence-electron chi connectivity index (χ4n) is 1.60. The van der Waals surface area contributed by atoms with Gasteiger partial charge in [-0.2, -0.15) is 0 Å². The summed E-state index contributed by atoms with van der Waals surface area (Å²) >= 11 is 1.71. The van der Waals surface area contributed by atoms with Gasteiger partial charge in [-0.25, -0.2) is 4.98 Å². The summed E-state index contributed by atoms with van der Waals surface area (Å²) in [6.07, 6.45) is 0. The van der Waals surface area contributed by atoms with Gasteiger partial charge in [-0.15, -0.1) is 11.3 Å². The van der Waals surface area contributed by atoms with Gasteiger partial charge in [0.25, 0.3) is 0 Å². The quantitative estimate of drug-likeness (QED) is 0.875. The van der Waals surface area contributed by atoms with Crippen LogP contribution in [-0.2, 0) is 6.54 Å². The molecule has 2 nitrogen and oxygen atoms in total. The predicted molar refractivity (Wildman–Crippen MR) is 68.5 cm³/mol. The van der Waals surface area contributed by atoms with Gasteiger partial charge in [0, 0.05) is 17.5 Å². The molecule has 0 aliphatic rings. The van der Waals surface area contributed by atoms with Gasteiger partial charge in [0.05, 0.1) is 11.2 Å². The maximum atomic E-state index is 4.25. The molecule has 2 rings (SSSR count). The van der Waals surface area contributed by atoms with Crippen LogP contribution in [0.15, 0.2) is 35.8 Å². The Bertz CT molecular complexity index is 436. The van der Waals surface area contributed by atoms with Gasteiger partial charge < -0.3 is 5.32 Å². The molecule has 0 saturated carbocycles. The highest BCUT2D eigenvalue weighted by Gasteiger charge is 2.06. The van der Waals surface area contributed by atoms with E-state index in [-0.39, 0.29) is 0 Å². The van der Waals surface area contributed by atoms with Crippen LogP contribution < -0.4 is 5.32 Å². The standard InChI is InChI=1S/C13H16N2S/c1-10(12-6-4-3-5-7-12)14-8-13-11(2)15-9-16-13/h3-7,9-10,14H,8H2,1-2H3/t10-/m0/s1. The highest BCUT2D eigenvalue weighted by atomic mass is 32.1. The SMILES string of the molecule is Cc1ncsc1CN[C@@H](C)c1ccccc1. The number of aryl methyl sites for hydroxylation is 1. The molecule has 0 fully saturated rings. The van der Waals surface area contributed by atoms with E-state index in [1.165, 1.54) is 10.4 Å². The Hall–Kier alpha value is -1.19. The van der Waals surface area contributed by atoms with Crippen LogP contribution in [0, 0.1) is 6.92 Å². The fourth-order valence-corrected chi connectivity index (χ4v) is 2.33. The molecule has 2 aromatic rings.